The molecule has 0 aliphatic carbocycles. The number of rotatable bonds is 4. The van der Waals surface area contributed by atoms with Crippen molar-refractivity contribution in [2.45, 2.75) is 0 Å². The summed E-state index contributed by atoms with van der Waals surface area (Å²) in [6.07, 6.45) is 0. The zero-order chi connectivity index (χ0) is 17.1. The van der Waals surface area contributed by atoms with Crippen LogP contribution >= 0.6 is 23.2 Å². The Hall–Kier alpha value is -2.71. The van der Waals surface area contributed by atoms with Gasteiger partial charge in [-0.2, -0.15) is 0 Å². The smallest absolute Gasteiger partial charge is 0.277 e. The summed E-state index contributed by atoms with van der Waals surface area (Å²) in [6.45, 7) is 0. The molecule has 118 valence electrons. The second kappa shape index (κ2) is 6.59. The molecule has 0 heterocycles. The molecule has 10 heteroatoms. The number of nitro benzene ring substituents is 2. The number of hydrogen-bond donors (Lipinski definition) is 1. The van der Waals surface area contributed by atoms with Crippen molar-refractivity contribution in [1.82, 2.24) is 0 Å². The lowest BCUT2D eigenvalue weighted by atomic mass is 10.1. The number of benzene rings is 2. The van der Waals surface area contributed by atoms with E-state index in [4.69, 9.17) is 23.2 Å². The van der Waals surface area contributed by atoms with Crippen molar-refractivity contribution >= 4 is 46.2 Å². The predicted octanol–water partition coefficient (Wildman–Crippen LogP) is 4.06. The third kappa shape index (κ3) is 3.93. The largest absolute Gasteiger partial charge is 0.321 e. The lowest BCUT2D eigenvalue weighted by Crippen LogP contribution is -2.13. The van der Waals surface area contributed by atoms with Gasteiger partial charge in [-0.1, -0.05) is 23.2 Å². The van der Waals surface area contributed by atoms with Crippen LogP contribution in [-0.4, -0.2) is 15.8 Å². The molecule has 0 spiro atoms. The summed E-state index contributed by atoms with van der Waals surface area (Å²) in [5, 5.41) is 24.6. The average Bonchev–Trinajstić information content (AvgIpc) is 2.49. The summed E-state index contributed by atoms with van der Waals surface area (Å²) < 4.78 is 0. The molecule has 0 radical (unpaired) electrons. The van der Waals surface area contributed by atoms with Crippen LogP contribution in [0, 0.1) is 20.2 Å². The van der Waals surface area contributed by atoms with E-state index >= 15 is 0 Å². The average molecular weight is 356 g/mol. The van der Waals surface area contributed by atoms with Gasteiger partial charge in [0.25, 0.3) is 17.3 Å². The molecule has 0 atom stereocenters. The Morgan fingerprint density at radius 2 is 1.52 bits per heavy atom. The van der Waals surface area contributed by atoms with Crippen LogP contribution in [0.3, 0.4) is 0 Å². The Morgan fingerprint density at radius 1 is 0.957 bits per heavy atom. The molecule has 1 amide bonds. The van der Waals surface area contributed by atoms with Crippen LogP contribution in [0.25, 0.3) is 0 Å². The zero-order valence-corrected chi connectivity index (χ0v) is 12.7. The molecule has 0 saturated heterocycles. The van der Waals surface area contributed by atoms with Gasteiger partial charge < -0.3 is 5.32 Å². The molecule has 2 aromatic rings. The van der Waals surface area contributed by atoms with Crippen molar-refractivity contribution < 1.29 is 14.6 Å². The minimum atomic E-state index is -0.820. The Balaban J connectivity index is 2.38. The zero-order valence-electron chi connectivity index (χ0n) is 11.2. The number of amides is 1. The van der Waals surface area contributed by atoms with Gasteiger partial charge in [-0.3, -0.25) is 25.0 Å². The van der Waals surface area contributed by atoms with Crippen molar-refractivity contribution in [3.63, 3.8) is 0 Å². The third-order valence-corrected chi connectivity index (χ3v) is 3.31. The highest BCUT2D eigenvalue weighted by molar-refractivity contribution is 6.36. The van der Waals surface area contributed by atoms with Gasteiger partial charge in [-0.05, 0) is 18.2 Å². The van der Waals surface area contributed by atoms with Crippen LogP contribution in [0.5, 0.6) is 0 Å². The second-order valence-electron chi connectivity index (χ2n) is 4.33. The van der Waals surface area contributed by atoms with E-state index in [1.165, 1.54) is 18.2 Å². The van der Waals surface area contributed by atoms with E-state index < -0.39 is 27.1 Å². The van der Waals surface area contributed by atoms with Gasteiger partial charge in [-0.15, -0.1) is 0 Å². The van der Waals surface area contributed by atoms with E-state index in [-0.39, 0.29) is 16.3 Å². The highest BCUT2D eigenvalue weighted by atomic mass is 35.5. The molecule has 2 aromatic carbocycles. The third-order valence-electron chi connectivity index (χ3n) is 2.77. The lowest BCUT2D eigenvalue weighted by molar-refractivity contribution is -0.394. The second-order valence-corrected chi connectivity index (χ2v) is 5.17. The van der Waals surface area contributed by atoms with E-state index in [0.717, 1.165) is 18.2 Å². The van der Waals surface area contributed by atoms with E-state index in [2.05, 4.69) is 5.32 Å². The van der Waals surface area contributed by atoms with E-state index in [0.29, 0.717) is 5.02 Å². The number of hydrogen-bond acceptors (Lipinski definition) is 5. The number of carbonyl (C=O) groups excluding carboxylic acids is 1. The van der Waals surface area contributed by atoms with Gasteiger partial charge in [-0.25, -0.2) is 0 Å². The van der Waals surface area contributed by atoms with Gasteiger partial charge in [0, 0.05) is 17.2 Å². The van der Waals surface area contributed by atoms with E-state index in [9.17, 15) is 25.0 Å². The van der Waals surface area contributed by atoms with Crippen molar-refractivity contribution in [1.29, 1.82) is 0 Å². The number of carbonyl (C=O) groups is 1. The highest BCUT2D eigenvalue weighted by Crippen LogP contribution is 2.27. The van der Waals surface area contributed by atoms with Crippen LogP contribution in [0.2, 0.25) is 10.0 Å². The Morgan fingerprint density at radius 3 is 2.00 bits per heavy atom. The first-order chi connectivity index (χ1) is 10.8. The number of anilines is 1. The first kappa shape index (κ1) is 16.7. The Labute approximate surface area is 138 Å². The topological polar surface area (TPSA) is 115 Å². The number of non-ortho nitro benzene ring substituents is 2. The van der Waals surface area contributed by atoms with E-state index in [1.807, 2.05) is 0 Å². The summed E-state index contributed by atoms with van der Waals surface area (Å²) in [5.74, 6) is -0.777. The highest BCUT2D eigenvalue weighted by Gasteiger charge is 2.20. The van der Waals surface area contributed by atoms with Gasteiger partial charge in [0.1, 0.15) is 0 Å². The minimum absolute atomic E-state index is 0.158. The summed E-state index contributed by atoms with van der Waals surface area (Å²) >= 11 is 11.6. The molecule has 0 aromatic heterocycles. The maximum Gasteiger partial charge on any atom is 0.277 e. The van der Waals surface area contributed by atoms with Gasteiger partial charge in [0.15, 0.2) is 0 Å². The van der Waals surface area contributed by atoms with Crippen LogP contribution in [0.1, 0.15) is 10.4 Å². The van der Waals surface area contributed by atoms with Crippen molar-refractivity contribution in [3.05, 3.63) is 72.2 Å². The fourth-order valence-electron chi connectivity index (χ4n) is 1.72. The molecule has 8 nitrogen and oxygen atoms in total. The van der Waals surface area contributed by atoms with Crippen LogP contribution in [0.15, 0.2) is 36.4 Å². The van der Waals surface area contributed by atoms with Crippen molar-refractivity contribution in [2.24, 2.45) is 0 Å². The van der Waals surface area contributed by atoms with E-state index in [1.54, 1.807) is 0 Å². The summed E-state index contributed by atoms with van der Waals surface area (Å²) in [4.78, 5) is 32.1. The maximum absolute atomic E-state index is 12.2. The van der Waals surface area contributed by atoms with Crippen LogP contribution in [0.4, 0.5) is 17.1 Å². The minimum Gasteiger partial charge on any atom is -0.321 e. The summed E-state index contributed by atoms with van der Waals surface area (Å²) in [7, 11) is 0. The number of halogens is 2. The van der Waals surface area contributed by atoms with Crippen molar-refractivity contribution in [3.8, 4) is 0 Å². The van der Waals surface area contributed by atoms with Gasteiger partial charge >= 0.3 is 0 Å². The predicted molar refractivity (Wildman–Crippen MR) is 84.2 cm³/mol. The van der Waals surface area contributed by atoms with Crippen LogP contribution < -0.4 is 5.32 Å². The molecule has 0 aliphatic rings. The number of nitrogens with zero attached hydrogens (tertiary/aromatic N) is 2. The standard InChI is InChI=1S/C13H7Cl2N3O5/c14-8-1-2-12(11(15)5-8)16-13(19)7-3-9(17(20)21)6-10(4-7)18(22)23/h1-6H,(H,16,19). The normalized spacial score (nSPS) is 10.2. The summed E-state index contributed by atoms with van der Waals surface area (Å²) in [5.41, 5.74) is -1.15. The molecule has 0 fully saturated rings. The lowest BCUT2D eigenvalue weighted by Gasteiger charge is -2.07. The monoisotopic (exact) mass is 355 g/mol. The fourth-order valence-corrected chi connectivity index (χ4v) is 2.18. The first-order valence-electron chi connectivity index (χ1n) is 5.98. The Bertz CT molecular complexity index is 793. The molecule has 1 N–H and O–H groups in total. The Kier molecular flexibility index (Phi) is 4.77. The summed E-state index contributed by atoms with van der Waals surface area (Å²) in [6, 6.07) is 6.96. The quantitative estimate of drug-likeness (QED) is 0.655. The molecule has 2 rings (SSSR count). The van der Waals surface area contributed by atoms with Gasteiger partial charge in [0.2, 0.25) is 0 Å². The molecule has 0 unspecified atom stereocenters. The van der Waals surface area contributed by atoms with Crippen LogP contribution in [-0.2, 0) is 0 Å². The molecule has 0 saturated carbocycles. The molecule has 23 heavy (non-hydrogen) atoms. The van der Waals surface area contributed by atoms with Crippen molar-refractivity contribution in [2.75, 3.05) is 5.32 Å². The molecular weight excluding hydrogens is 349 g/mol. The number of nitrogens with one attached hydrogen (secondary N) is 1. The fraction of sp³-hybridized carbons (Fsp3) is 0. The van der Waals surface area contributed by atoms with Gasteiger partial charge in [0.05, 0.1) is 32.2 Å². The maximum atomic E-state index is 12.2. The molecule has 0 aliphatic heterocycles. The SMILES string of the molecule is O=C(Nc1ccc(Cl)cc1Cl)c1cc([N+](=O)[O-])cc([N+](=O)[O-])c1. The molecule has 0 bridgehead atoms. The molecular formula is C13H7Cl2N3O5. The first-order valence-corrected chi connectivity index (χ1v) is 6.74. The number of nitro groups is 2.